The average Bonchev–Trinajstić information content (AvgIpc) is 3.66. The SMILES string of the molecule is C=C(C)CC(O)CC[C@@]12CC3OC4C(O1)[C@H]1OC(CC(=O)CC5[C@@H](OC)C(CC(O)CO)O[C@H]5CC5OC(CC)CC(C)C5=C)CCC1O[C@H]4C3O2. The predicted octanol–water partition coefficient (Wildman–Crippen LogP) is 3.70. The topological polar surface area (TPSA) is 152 Å². The summed E-state index contributed by atoms with van der Waals surface area (Å²) in [7, 11) is 1.61. The molecule has 8 saturated heterocycles. The van der Waals surface area contributed by atoms with Crippen molar-refractivity contribution in [3.05, 3.63) is 24.3 Å². The number of methoxy groups -OCH3 is 1. The van der Waals surface area contributed by atoms with Crippen molar-refractivity contribution in [3.8, 4) is 0 Å². The summed E-state index contributed by atoms with van der Waals surface area (Å²) in [5.74, 6) is -0.771. The molecule has 52 heavy (non-hydrogen) atoms. The lowest BCUT2D eigenvalue weighted by atomic mass is 9.81. The van der Waals surface area contributed by atoms with Gasteiger partial charge in [0.1, 0.15) is 36.3 Å². The highest BCUT2D eigenvalue weighted by atomic mass is 16.8. The van der Waals surface area contributed by atoms with Gasteiger partial charge in [-0.1, -0.05) is 26.0 Å². The Labute approximate surface area is 308 Å². The van der Waals surface area contributed by atoms with Crippen LogP contribution >= 0.6 is 0 Å². The number of hydrogen-bond donors (Lipinski definition) is 3. The van der Waals surface area contributed by atoms with Crippen molar-refractivity contribution in [2.45, 2.75) is 195 Å². The molecule has 8 heterocycles. The number of aliphatic hydroxyl groups excluding tert-OH is 3. The van der Waals surface area contributed by atoms with E-state index in [0.717, 1.165) is 30.4 Å². The van der Waals surface area contributed by atoms with Crippen molar-refractivity contribution < 1.29 is 58.0 Å². The summed E-state index contributed by atoms with van der Waals surface area (Å²) >= 11 is 0. The highest BCUT2D eigenvalue weighted by Crippen LogP contribution is 2.54. The molecule has 0 aromatic heterocycles. The van der Waals surface area contributed by atoms with Crippen molar-refractivity contribution >= 4 is 5.78 Å². The Kier molecular flexibility index (Phi) is 12.0. The molecule has 8 fully saturated rings. The minimum Gasteiger partial charge on any atom is -0.394 e. The molecular formula is C40H62O12. The zero-order chi connectivity index (χ0) is 36.9. The van der Waals surface area contributed by atoms with E-state index in [1.165, 1.54) is 0 Å². The van der Waals surface area contributed by atoms with Crippen molar-refractivity contribution in [1.82, 2.24) is 0 Å². The van der Waals surface area contributed by atoms with Crippen molar-refractivity contribution in [2.24, 2.45) is 11.8 Å². The summed E-state index contributed by atoms with van der Waals surface area (Å²) in [6.45, 7) is 14.2. The van der Waals surface area contributed by atoms with Crippen LogP contribution in [0.15, 0.2) is 24.3 Å². The maximum absolute atomic E-state index is 14.0. The maximum atomic E-state index is 14.0. The van der Waals surface area contributed by atoms with Gasteiger partial charge in [0.25, 0.3) is 0 Å². The smallest absolute Gasteiger partial charge is 0.172 e. The molecule has 6 bridgehead atoms. The highest BCUT2D eigenvalue weighted by Gasteiger charge is 2.68. The van der Waals surface area contributed by atoms with Gasteiger partial charge in [-0.05, 0) is 56.9 Å². The third kappa shape index (κ3) is 7.87. The second kappa shape index (κ2) is 16.1. The largest absolute Gasteiger partial charge is 0.394 e. The lowest BCUT2D eigenvalue weighted by Gasteiger charge is -2.47. The summed E-state index contributed by atoms with van der Waals surface area (Å²) in [5.41, 5.74) is 1.98. The molecule has 294 valence electrons. The highest BCUT2D eigenvalue weighted by molar-refractivity contribution is 5.79. The Morgan fingerprint density at radius 2 is 1.69 bits per heavy atom. The molecule has 0 aromatic rings. The zero-order valence-corrected chi connectivity index (χ0v) is 31.4. The minimum absolute atomic E-state index is 0.0535. The van der Waals surface area contributed by atoms with Crippen LogP contribution in [0.2, 0.25) is 0 Å². The Balaban J connectivity index is 1.02. The van der Waals surface area contributed by atoms with Crippen molar-refractivity contribution in [2.75, 3.05) is 13.7 Å². The number of fused-ring (bicyclic) bond motifs is 1. The Bertz CT molecular complexity index is 1290. The molecule has 18 atom stereocenters. The number of ketones is 1. The summed E-state index contributed by atoms with van der Waals surface area (Å²) in [6, 6.07) is 0. The third-order valence-electron chi connectivity index (χ3n) is 12.9. The fraction of sp³-hybridized carbons (Fsp3) is 0.875. The number of hydrogen-bond acceptors (Lipinski definition) is 12. The van der Waals surface area contributed by atoms with Gasteiger partial charge in [-0.3, -0.25) is 4.79 Å². The first-order chi connectivity index (χ1) is 24.9. The minimum atomic E-state index is -0.953. The van der Waals surface area contributed by atoms with E-state index < -0.39 is 42.4 Å². The molecule has 8 aliphatic heterocycles. The van der Waals surface area contributed by atoms with E-state index in [1.54, 1.807) is 7.11 Å². The quantitative estimate of drug-likeness (QED) is 0.199. The molecule has 12 nitrogen and oxygen atoms in total. The van der Waals surface area contributed by atoms with Crippen LogP contribution in [-0.4, -0.2) is 132 Å². The lowest BCUT2D eigenvalue weighted by molar-refractivity contribution is -0.292. The zero-order valence-electron chi connectivity index (χ0n) is 31.4. The number of aliphatic hydroxyl groups is 3. The van der Waals surface area contributed by atoms with E-state index in [2.05, 4.69) is 27.0 Å². The van der Waals surface area contributed by atoms with Gasteiger partial charge in [-0.2, -0.15) is 0 Å². The lowest BCUT2D eigenvalue weighted by Crippen LogP contribution is -2.61. The summed E-state index contributed by atoms with van der Waals surface area (Å²) in [5, 5.41) is 30.6. The van der Waals surface area contributed by atoms with Crippen LogP contribution in [0.5, 0.6) is 0 Å². The molecule has 0 aliphatic carbocycles. The Hall–Kier alpha value is -1.29. The first-order valence-electron chi connectivity index (χ1n) is 19.9. The Morgan fingerprint density at radius 1 is 0.942 bits per heavy atom. The van der Waals surface area contributed by atoms with Gasteiger partial charge in [-0.15, -0.1) is 6.58 Å². The van der Waals surface area contributed by atoms with E-state index in [1.807, 2.05) is 6.92 Å². The standard InChI is InChI=1S/C40H62O12/c1-7-26-13-21(4)22(5)30(46-26)17-31-28(34(45-6)32(48-31)16-25(44)19-41)15-24(43)14-27-8-9-29-35(47-27)39-38-37(49-29)36-33(50-38)18-40(51-36,52-39)11-10-23(42)12-20(2)3/h21,23,25-39,41-42,44H,2,5,7-19H2,1,3-4,6H3/t21?,23?,25?,26?,27?,28?,29?,30?,31-,32?,33?,34+,35-,36?,37-,38?,39?,40-/m0/s1. The van der Waals surface area contributed by atoms with Gasteiger partial charge < -0.3 is 53.2 Å². The molecule has 0 saturated carbocycles. The maximum Gasteiger partial charge on any atom is 0.172 e. The van der Waals surface area contributed by atoms with Crippen molar-refractivity contribution in [1.29, 1.82) is 0 Å². The number of ether oxygens (including phenoxy) is 8. The fourth-order valence-corrected chi connectivity index (χ4v) is 10.3. The molecule has 12 heteroatoms. The van der Waals surface area contributed by atoms with Gasteiger partial charge in [0, 0.05) is 51.6 Å². The average molecular weight is 735 g/mol. The molecule has 0 aromatic carbocycles. The number of Topliss-reactive ketones (excluding diaryl/α,β-unsaturated/α-hetero) is 1. The predicted molar refractivity (Wildman–Crippen MR) is 188 cm³/mol. The van der Waals surface area contributed by atoms with Crippen molar-refractivity contribution in [3.63, 3.8) is 0 Å². The fourth-order valence-electron chi connectivity index (χ4n) is 10.3. The van der Waals surface area contributed by atoms with E-state index in [4.69, 9.17) is 37.9 Å². The third-order valence-corrected chi connectivity index (χ3v) is 12.9. The molecule has 0 radical (unpaired) electrons. The van der Waals surface area contributed by atoms with Crippen LogP contribution in [0.1, 0.15) is 97.8 Å². The van der Waals surface area contributed by atoms with Crippen LogP contribution in [0.4, 0.5) is 0 Å². The van der Waals surface area contributed by atoms with Gasteiger partial charge >= 0.3 is 0 Å². The van der Waals surface area contributed by atoms with Crippen LogP contribution in [0, 0.1) is 11.8 Å². The number of carbonyl (C=O) groups is 1. The van der Waals surface area contributed by atoms with Crippen LogP contribution in [-0.2, 0) is 42.7 Å². The molecule has 0 spiro atoms. The van der Waals surface area contributed by atoms with Gasteiger partial charge in [0.2, 0.25) is 0 Å². The van der Waals surface area contributed by atoms with E-state index in [9.17, 15) is 20.1 Å². The Morgan fingerprint density at radius 3 is 2.42 bits per heavy atom. The number of rotatable bonds is 16. The van der Waals surface area contributed by atoms with Crippen LogP contribution < -0.4 is 0 Å². The molecule has 3 N–H and O–H groups in total. The van der Waals surface area contributed by atoms with Gasteiger partial charge in [0.15, 0.2) is 5.79 Å². The van der Waals surface area contributed by atoms with E-state index in [0.29, 0.717) is 44.4 Å². The molecule has 13 unspecified atom stereocenters. The summed E-state index contributed by atoms with van der Waals surface area (Å²) in [4.78, 5) is 14.0. The number of carbonyl (C=O) groups excluding carboxylic acids is 1. The first kappa shape index (κ1) is 39.0. The summed E-state index contributed by atoms with van der Waals surface area (Å²) < 4.78 is 52.2. The molecule has 0 amide bonds. The van der Waals surface area contributed by atoms with E-state index in [-0.39, 0.29) is 92.5 Å². The van der Waals surface area contributed by atoms with Gasteiger partial charge in [0.05, 0.1) is 67.6 Å². The normalized spacial score (nSPS) is 46.2. The second-order valence-electron chi connectivity index (χ2n) is 16.9. The van der Waals surface area contributed by atoms with Gasteiger partial charge in [-0.25, -0.2) is 0 Å². The van der Waals surface area contributed by atoms with Crippen LogP contribution in [0.3, 0.4) is 0 Å². The molecule has 8 rings (SSSR count). The molecule has 8 aliphatic rings. The first-order valence-corrected chi connectivity index (χ1v) is 19.9. The summed E-state index contributed by atoms with van der Waals surface area (Å²) in [6.07, 6.45) is 1.67. The van der Waals surface area contributed by atoms with E-state index >= 15 is 0 Å². The monoisotopic (exact) mass is 734 g/mol. The second-order valence-corrected chi connectivity index (χ2v) is 16.9. The molecular weight excluding hydrogens is 672 g/mol. The van der Waals surface area contributed by atoms with Crippen LogP contribution in [0.25, 0.3) is 0 Å².